The SMILES string of the molecule is CCOC(=O)c1nc(CC)n(C2CC=CCC2)c1N. The number of carbonyl (C=O) groups is 1. The van der Waals surface area contributed by atoms with Gasteiger partial charge in [0.05, 0.1) is 6.61 Å². The van der Waals surface area contributed by atoms with E-state index < -0.39 is 5.97 Å². The lowest BCUT2D eigenvalue weighted by Crippen LogP contribution is -2.16. The number of aromatic nitrogens is 2. The number of hydrogen-bond acceptors (Lipinski definition) is 4. The lowest BCUT2D eigenvalue weighted by Gasteiger charge is -2.22. The quantitative estimate of drug-likeness (QED) is 0.669. The van der Waals surface area contributed by atoms with Crippen LogP contribution in [0.1, 0.15) is 55.5 Å². The molecule has 19 heavy (non-hydrogen) atoms. The van der Waals surface area contributed by atoms with E-state index in [9.17, 15) is 4.79 Å². The van der Waals surface area contributed by atoms with E-state index >= 15 is 0 Å². The van der Waals surface area contributed by atoms with Crippen LogP contribution in [0.15, 0.2) is 12.2 Å². The highest BCUT2D eigenvalue weighted by Crippen LogP contribution is 2.30. The molecule has 0 spiro atoms. The molecular weight excluding hydrogens is 242 g/mol. The second-order valence-electron chi connectivity index (χ2n) is 4.64. The van der Waals surface area contributed by atoms with Gasteiger partial charge >= 0.3 is 5.97 Å². The maximum Gasteiger partial charge on any atom is 0.360 e. The number of ether oxygens (including phenoxy) is 1. The first-order valence-corrected chi connectivity index (χ1v) is 6.87. The van der Waals surface area contributed by atoms with Crippen LogP contribution in [0.2, 0.25) is 0 Å². The molecule has 0 aromatic carbocycles. The highest BCUT2D eigenvalue weighted by atomic mass is 16.5. The van der Waals surface area contributed by atoms with Gasteiger partial charge in [-0.1, -0.05) is 19.1 Å². The molecular formula is C14H21N3O2. The van der Waals surface area contributed by atoms with Gasteiger partial charge in [0.1, 0.15) is 11.6 Å². The summed E-state index contributed by atoms with van der Waals surface area (Å²) in [5.74, 6) is 0.872. The zero-order valence-corrected chi connectivity index (χ0v) is 11.6. The molecule has 0 fully saturated rings. The minimum absolute atomic E-state index is 0.258. The number of imidazole rings is 1. The van der Waals surface area contributed by atoms with E-state index in [0.717, 1.165) is 31.5 Å². The van der Waals surface area contributed by atoms with E-state index in [0.29, 0.717) is 18.5 Å². The fourth-order valence-electron chi connectivity index (χ4n) is 2.51. The van der Waals surface area contributed by atoms with Crippen molar-refractivity contribution in [3.8, 4) is 0 Å². The summed E-state index contributed by atoms with van der Waals surface area (Å²) >= 11 is 0. The molecule has 0 aliphatic heterocycles. The Hall–Kier alpha value is -1.78. The fourth-order valence-corrected chi connectivity index (χ4v) is 2.51. The molecule has 104 valence electrons. The Morgan fingerprint density at radius 1 is 1.53 bits per heavy atom. The van der Waals surface area contributed by atoms with Crippen molar-refractivity contribution in [3.63, 3.8) is 0 Å². The predicted octanol–water partition coefficient (Wildman–Crippen LogP) is 2.49. The number of esters is 1. The summed E-state index contributed by atoms with van der Waals surface area (Å²) in [4.78, 5) is 16.2. The number of nitrogens with zero attached hydrogens (tertiary/aromatic N) is 2. The van der Waals surface area contributed by atoms with E-state index in [4.69, 9.17) is 10.5 Å². The fraction of sp³-hybridized carbons (Fsp3) is 0.571. The summed E-state index contributed by atoms with van der Waals surface area (Å²) in [5, 5.41) is 0. The molecule has 0 amide bonds. The van der Waals surface area contributed by atoms with Crippen LogP contribution in [0, 0.1) is 0 Å². The molecule has 0 bridgehead atoms. The molecule has 0 saturated carbocycles. The predicted molar refractivity (Wildman–Crippen MR) is 74.0 cm³/mol. The molecule has 1 atom stereocenters. The first-order chi connectivity index (χ1) is 9.19. The Morgan fingerprint density at radius 3 is 2.89 bits per heavy atom. The second kappa shape index (κ2) is 5.91. The van der Waals surface area contributed by atoms with E-state index in [-0.39, 0.29) is 5.69 Å². The Morgan fingerprint density at radius 2 is 2.32 bits per heavy atom. The largest absolute Gasteiger partial charge is 0.461 e. The zero-order chi connectivity index (χ0) is 13.8. The number of anilines is 1. The maximum absolute atomic E-state index is 11.8. The minimum atomic E-state index is -0.431. The highest BCUT2D eigenvalue weighted by molar-refractivity contribution is 5.92. The lowest BCUT2D eigenvalue weighted by molar-refractivity contribution is 0.0521. The minimum Gasteiger partial charge on any atom is -0.461 e. The zero-order valence-electron chi connectivity index (χ0n) is 11.6. The number of aryl methyl sites for hydroxylation is 1. The maximum atomic E-state index is 11.8. The number of nitrogens with two attached hydrogens (primary N) is 1. The highest BCUT2D eigenvalue weighted by Gasteiger charge is 2.25. The van der Waals surface area contributed by atoms with Gasteiger partial charge in [-0.15, -0.1) is 0 Å². The van der Waals surface area contributed by atoms with Crippen LogP contribution in [0.3, 0.4) is 0 Å². The number of rotatable bonds is 4. The van der Waals surface area contributed by atoms with Gasteiger partial charge in [0, 0.05) is 12.5 Å². The number of allylic oxidation sites excluding steroid dienone is 2. The molecule has 5 nitrogen and oxygen atoms in total. The van der Waals surface area contributed by atoms with Gasteiger partial charge in [-0.05, 0) is 26.2 Å². The molecule has 1 aliphatic carbocycles. The van der Waals surface area contributed by atoms with Gasteiger partial charge in [0.15, 0.2) is 5.69 Å². The summed E-state index contributed by atoms with van der Waals surface area (Å²) in [6, 6.07) is 0.302. The summed E-state index contributed by atoms with van der Waals surface area (Å²) in [6.07, 6.45) is 8.12. The van der Waals surface area contributed by atoms with E-state index in [2.05, 4.69) is 17.1 Å². The molecule has 1 heterocycles. The van der Waals surface area contributed by atoms with Crippen LogP contribution in [0.5, 0.6) is 0 Å². The third-order valence-electron chi connectivity index (χ3n) is 3.41. The molecule has 2 N–H and O–H groups in total. The molecule has 1 aromatic heterocycles. The number of carbonyl (C=O) groups excluding carboxylic acids is 1. The van der Waals surface area contributed by atoms with Crippen molar-refractivity contribution in [3.05, 3.63) is 23.7 Å². The van der Waals surface area contributed by atoms with Crippen LogP contribution in [-0.4, -0.2) is 22.1 Å². The van der Waals surface area contributed by atoms with Crippen molar-refractivity contribution in [2.75, 3.05) is 12.3 Å². The van der Waals surface area contributed by atoms with Crippen LogP contribution in [0.4, 0.5) is 5.82 Å². The summed E-state index contributed by atoms with van der Waals surface area (Å²) in [6.45, 7) is 4.13. The topological polar surface area (TPSA) is 70.1 Å². The molecule has 0 radical (unpaired) electrons. The molecule has 5 heteroatoms. The average molecular weight is 263 g/mol. The van der Waals surface area contributed by atoms with E-state index in [1.54, 1.807) is 6.92 Å². The van der Waals surface area contributed by atoms with Crippen molar-refractivity contribution in [2.24, 2.45) is 0 Å². The standard InChI is InChI=1S/C14H21N3O2/c1-3-11-16-12(14(18)19-4-2)13(15)17(11)10-8-6-5-7-9-10/h5-6,10H,3-4,7-9,15H2,1-2H3. The van der Waals surface area contributed by atoms with E-state index in [1.165, 1.54) is 0 Å². The first kappa shape index (κ1) is 13.6. The van der Waals surface area contributed by atoms with Crippen molar-refractivity contribution in [2.45, 2.75) is 45.6 Å². The Kier molecular flexibility index (Phi) is 4.24. The van der Waals surface area contributed by atoms with Crippen LogP contribution in [0.25, 0.3) is 0 Å². The Labute approximate surface area is 113 Å². The van der Waals surface area contributed by atoms with Crippen LogP contribution >= 0.6 is 0 Å². The second-order valence-corrected chi connectivity index (χ2v) is 4.64. The van der Waals surface area contributed by atoms with E-state index in [1.807, 2.05) is 11.5 Å². The van der Waals surface area contributed by atoms with Crippen LogP contribution in [-0.2, 0) is 11.2 Å². The monoisotopic (exact) mass is 263 g/mol. The number of hydrogen-bond donors (Lipinski definition) is 1. The van der Waals surface area contributed by atoms with Crippen molar-refractivity contribution >= 4 is 11.8 Å². The lowest BCUT2D eigenvalue weighted by atomic mass is 10.0. The molecule has 1 aliphatic rings. The number of nitrogen functional groups attached to an aromatic ring is 1. The third-order valence-corrected chi connectivity index (χ3v) is 3.41. The molecule has 2 rings (SSSR count). The van der Waals surface area contributed by atoms with Gasteiger partial charge < -0.3 is 15.0 Å². The summed E-state index contributed by atoms with van der Waals surface area (Å²) in [5.41, 5.74) is 6.37. The average Bonchev–Trinajstić information content (AvgIpc) is 2.77. The molecule has 1 unspecified atom stereocenters. The third kappa shape index (κ3) is 2.64. The van der Waals surface area contributed by atoms with Gasteiger partial charge in [-0.25, -0.2) is 9.78 Å². The molecule has 0 saturated heterocycles. The van der Waals surface area contributed by atoms with Crippen molar-refractivity contribution < 1.29 is 9.53 Å². The van der Waals surface area contributed by atoms with Gasteiger partial charge in [0.25, 0.3) is 0 Å². The Bertz CT molecular complexity index is 491. The first-order valence-electron chi connectivity index (χ1n) is 6.87. The smallest absolute Gasteiger partial charge is 0.360 e. The summed E-state index contributed by atoms with van der Waals surface area (Å²) in [7, 11) is 0. The summed E-state index contributed by atoms with van der Waals surface area (Å²) < 4.78 is 7.01. The Balaban J connectivity index is 2.36. The van der Waals surface area contributed by atoms with Crippen molar-refractivity contribution in [1.82, 2.24) is 9.55 Å². The normalized spacial score (nSPS) is 18.5. The van der Waals surface area contributed by atoms with Crippen LogP contribution < -0.4 is 5.73 Å². The van der Waals surface area contributed by atoms with Gasteiger partial charge in [-0.3, -0.25) is 0 Å². The van der Waals surface area contributed by atoms with Gasteiger partial charge in [0.2, 0.25) is 0 Å². The van der Waals surface area contributed by atoms with Gasteiger partial charge in [-0.2, -0.15) is 0 Å². The van der Waals surface area contributed by atoms with Crippen molar-refractivity contribution in [1.29, 1.82) is 0 Å². The molecule has 1 aromatic rings.